The van der Waals surface area contributed by atoms with Gasteiger partial charge in [-0.25, -0.2) is 0 Å². The van der Waals surface area contributed by atoms with Crippen molar-refractivity contribution in [3.8, 4) is 0 Å². The molecule has 1 atom stereocenters. The Labute approximate surface area is 195 Å². The number of rotatable bonds is 10. The standard InChI is InChI=1S/C30H36OSi/c1-5-17-27(21-16-15-20-26-18-9-6-10-19-26)31-32(30(2,3)4,28-22-11-7-12-23-28)29-24-13-8-14-25-29/h5-14,16,18-19,21-25,27H,1,15,17,20H2,2-4H3/b21-16+. The predicted octanol–water partition coefficient (Wildman–Crippen LogP) is 6.70. The molecule has 1 nitrogen and oxygen atoms in total. The van der Waals surface area contributed by atoms with Gasteiger partial charge in [0, 0.05) is 0 Å². The molecule has 0 heterocycles. The molecule has 0 aliphatic rings. The molecule has 32 heavy (non-hydrogen) atoms. The fourth-order valence-corrected chi connectivity index (χ4v) is 9.04. The lowest BCUT2D eigenvalue weighted by molar-refractivity contribution is 0.236. The molecule has 0 bridgehead atoms. The predicted molar refractivity (Wildman–Crippen MR) is 141 cm³/mol. The highest BCUT2D eigenvalue weighted by atomic mass is 28.4. The molecule has 166 valence electrons. The van der Waals surface area contributed by atoms with E-state index in [0.29, 0.717) is 0 Å². The van der Waals surface area contributed by atoms with Crippen LogP contribution in [0, 0.1) is 0 Å². The van der Waals surface area contributed by atoms with Crippen LogP contribution in [-0.2, 0) is 10.8 Å². The van der Waals surface area contributed by atoms with Crippen molar-refractivity contribution in [3.63, 3.8) is 0 Å². The topological polar surface area (TPSA) is 9.23 Å². The Hall–Kier alpha value is -2.68. The normalized spacial score (nSPS) is 13.2. The molecule has 0 spiro atoms. The largest absolute Gasteiger partial charge is 0.401 e. The zero-order valence-electron chi connectivity index (χ0n) is 19.7. The van der Waals surface area contributed by atoms with Crippen molar-refractivity contribution >= 4 is 18.7 Å². The van der Waals surface area contributed by atoms with Gasteiger partial charge < -0.3 is 4.43 Å². The van der Waals surface area contributed by atoms with Crippen LogP contribution in [0.25, 0.3) is 0 Å². The minimum absolute atomic E-state index is 0.00502. The van der Waals surface area contributed by atoms with Crippen LogP contribution in [0.2, 0.25) is 5.04 Å². The van der Waals surface area contributed by atoms with E-state index in [-0.39, 0.29) is 11.1 Å². The molecule has 2 heteroatoms. The van der Waals surface area contributed by atoms with E-state index in [0.717, 1.165) is 19.3 Å². The zero-order valence-corrected chi connectivity index (χ0v) is 20.7. The molecule has 3 aromatic rings. The monoisotopic (exact) mass is 440 g/mol. The number of hydrogen-bond acceptors (Lipinski definition) is 1. The molecule has 1 unspecified atom stereocenters. The second kappa shape index (κ2) is 11.3. The summed E-state index contributed by atoms with van der Waals surface area (Å²) in [4.78, 5) is 0. The number of aryl methyl sites for hydroxylation is 1. The zero-order chi connectivity index (χ0) is 22.9. The molecule has 0 amide bonds. The van der Waals surface area contributed by atoms with E-state index in [2.05, 4.69) is 130 Å². The van der Waals surface area contributed by atoms with Gasteiger partial charge in [-0.2, -0.15) is 0 Å². The molecule has 0 radical (unpaired) electrons. The maximum Gasteiger partial charge on any atom is 0.261 e. The average Bonchev–Trinajstić information content (AvgIpc) is 2.81. The van der Waals surface area contributed by atoms with Crippen molar-refractivity contribution in [1.82, 2.24) is 0 Å². The third-order valence-electron chi connectivity index (χ3n) is 5.94. The molecule has 0 aliphatic carbocycles. The Morgan fingerprint density at radius 3 is 1.78 bits per heavy atom. The molecule has 0 aliphatic heterocycles. The molecular weight excluding hydrogens is 404 g/mol. The Kier molecular flexibility index (Phi) is 8.44. The summed E-state index contributed by atoms with van der Waals surface area (Å²) in [6.45, 7) is 11.0. The first kappa shape index (κ1) is 24.0. The first-order valence-electron chi connectivity index (χ1n) is 11.6. The molecular formula is C30H36OSi. The van der Waals surface area contributed by atoms with E-state index in [9.17, 15) is 0 Å². The molecule has 0 aromatic heterocycles. The molecule has 0 saturated carbocycles. The molecule has 3 rings (SSSR count). The van der Waals surface area contributed by atoms with Crippen LogP contribution >= 0.6 is 0 Å². The summed E-state index contributed by atoms with van der Waals surface area (Å²) in [5.41, 5.74) is 1.37. The van der Waals surface area contributed by atoms with Crippen LogP contribution < -0.4 is 10.4 Å². The van der Waals surface area contributed by atoms with Crippen LogP contribution in [-0.4, -0.2) is 14.4 Å². The number of hydrogen-bond donors (Lipinski definition) is 0. The highest BCUT2D eigenvalue weighted by Gasteiger charge is 2.51. The second-order valence-corrected chi connectivity index (χ2v) is 13.5. The smallest absolute Gasteiger partial charge is 0.261 e. The number of allylic oxidation sites excluding steroid dienone is 1. The SMILES string of the molecule is C=CCC(/C=C/CCc1ccccc1)O[Si](c1ccccc1)(c1ccccc1)C(C)(C)C. The fraction of sp³-hybridized carbons (Fsp3) is 0.267. The van der Waals surface area contributed by atoms with Crippen molar-refractivity contribution in [3.05, 3.63) is 121 Å². The average molecular weight is 441 g/mol. The van der Waals surface area contributed by atoms with Crippen molar-refractivity contribution in [1.29, 1.82) is 0 Å². The summed E-state index contributed by atoms with van der Waals surface area (Å²) in [5, 5.41) is 2.59. The van der Waals surface area contributed by atoms with Crippen molar-refractivity contribution < 1.29 is 4.43 Å². The van der Waals surface area contributed by atoms with Crippen LogP contribution in [0.15, 0.2) is 116 Å². The Morgan fingerprint density at radius 2 is 1.31 bits per heavy atom. The van der Waals surface area contributed by atoms with Gasteiger partial charge in [-0.1, -0.05) is 130 Å². The van der Waals surface area contributed by atoms with E-state index in [4.69, 9.17) is 4.43 Å². The van der Waals surface area contributed by atoms with Crippen LogP contribution in [0.5, 0.6) is 0 Å². The van der Waals surface area contributed by atoms with Crippen molar-refractivity contribution in [2.75, 3.05) is 0 Å². The second-order valence-electron chi connectivity index (χ2n) is 9.30. The van der Waals surface area contributed by atoms with Gasteiger partial charge in [0.25, 0.3) is 8.32 Å². The van der Waals surface area contributed by atoms with Gasteiger partial charge in [-0.15, -0.1) is 6.58 Å². The van der Waals surface area contributed by atoms with E-state index >= 15 is 0 Å². The van der Waals surface area contributed by atoms with Gasteiger partial charge >= 0.3 is 0 Å². The van der Waals surface area contributed by atoms with E-state index < -0.39 is 8.32 Å². The minimum atomic E-state index is -2.57. The molecule has 0 fully saturated rings. The van der Waals surface area contributed by atoms with Crippen LogP contribution in [0.3, 0.4) is 0 Å². The number of benzene rings is 3. The lowest BCUT2D eigenvalue weighted by Crippen LogP contribution is -2.67. The summed E-state index contributed by atoms with van der Waals surface area (Å²) in [5.74, 6) is 0. The first-order valence-corrected chi connectivity index (χ1v) is 13.5. The third-order valence-corrected chi connectivity index (χ3v) is 11.0. The lowest BCUT2D eigenvalue weighted by atomic mass is 10.1. The summed E-state index contributed by atoms with van der Waals surface area (Å²) in [7, 11) is -2.57. The van der Waals surface area contributed by atoms with E-state index in [1.54, 1.807) is 0 Å². The fourth-order valence-electron chi connectivity index (χ4n) is 4.39. The minimum Gasteiger partial charge on any atom is -0.401 e. The summed E-state index contributed by atoms with van der Waals surface area (Å²) >= 11 is 0. The lowest BCUT2D eigenvalue weighted by Gasteiger charge is -2.44. The third kappa shape index (κ3) is 5.76. The molecule has 0 saturated heterocycles. The molecule has 0 N–H and O–H groups in total. The van der Waals surface area contributed by atoms with E-state index in [1.165, 1.54) is 15.9 Å². The van der Waals surface area contributed by atoms with Gasteiger partial charge in [0.05, 0.1) is 6.10 Å². The van der Waals surface area contributed by atoms with Gasteiger partial charge in [-0.05, 0) is 40.2 Å². The van der Waals surface area contributed by atoms with Gasteiger partial charge in [0.1, 0.15) is 0 Å². The van der Waals surface area contributed by atoms with Gasteiger partial charge in [-0.3, -0.25) is 0 Å². The van der Waals surface area contributed by atoms with Gasteiger partial charge in [0.15, 0.2) is 0 Å². The Bertz CT molecular complexity index is 932. The van der Waals surface area contributed by atoms with Crippen LogP contribution in [0.1, 0.15) is 39.2 Å². The highest BCUT2D eigenvalue weighted by molar-refractivity contribution is 6.99. The summed E-state index contributed by atoms with van der Waals surface area (Å²) in [6.07, 6.45) is 9.34. The quantitative estimate of drug-likeness (QED) is 0.252. The highest BCUT2D eigenvalue weighted by Crippen LogP contribution is 2.38. The maximum absolute atomic E-state index is 7.25. The van der Waals surface area contributed by atoms with Crippen molar-refractivity contribution in [2.45, 2.75) is 51.2 Å². The summed E-state index contributed by atoms with van der Waals surface area (Å²) in [6, 6.07) is 32.3. The van der Waals surface area contributed by atoms with E-state index in [1.807, 2.05) is 6.08 Å². The van der Waals surface area contributed by atoms with Crippen molar-refractivity contribution in [2.24, 2.45) is 0 Å². The Morgan fingerprint density at radius 1 is 0.812 bits per heavy atom. The maximum atomic E-state index is 7.25. The molecule has 3 aromatic carbocycles. The Balaban J connectivity index is 1.94. The van der Waals surface area contributed by atoms with Gasteiger partial charge in [0.2, 0.25) is 0 Å². The first-order chi connectivity index (χ1) is 15.5. The summed E-state index contributed by atoms with van der Waals surface area (Å²) < 4.78 is 7.25. The van der Waals surface area contributed by atoms with Crippen LogP contribution in [0.4, 0.5) is 0 Å².